The summed E-state index contributed by atoms with van der Waals surface area (Å²) in [6.07, 6.45) is 6.26. The summed E-state index contributed by atoms with van der Waals surface area (Å²) in [4.78, 5) is 0. The van der Waals surface area contributed by atoms with E-state index in [9.17, 15) is 5.11 Å². The second kappa shape index (κ2) is 3.13. The lowest BCUT2D eigenvalue weighted by molar-refractivity contribution is 0.107. The molecule has 0 radical (unpaired) electrons. The largest absolute Gasteiger partial charge is 0.396 e. The summed E-state index contributed by atoms with van der Waals surface area (Å²) in [7, 11) is 0. The summed E-state index contributed by atoms with van der Waals surface area (Å²) in [5.74, 6) is 2.31. The summed E-state index contributed by atoms with van der Waals surface area (Å²) in [5, 5.41) is 9.41. The maximum Gasteiger partial charge on any atom is 0.0459 e. The third-order valence-electron chi connectivity index (χ3n) is 5.69. The minimum atomic E-state index is 0.395. The molecule has 0 saturated heterocycles. The number of hydrogen-bond donors (Lipinski definition) is 1. The Labute approximate surface area is 98.9 Å². The fraction of sp³-hybridized carbons (Fsp3) is 0.867. The molecule has 4 atom stereocenters. The number of aliphatic hydroxyl groups excluding tert-OH is 1. The minimum Gasteiger partial charge on any atom is -0.396 e. The van der Waals surface area contributed by atoms with Crippen molar-refractivity contribution in [3.63, 3.8) is 0 Å². The summed E-state index contributed by atoms with van der Waals surface area (Å²) in [6, 6.07) is 0. The van der Waals surface area contributed by atoms with E-state index >= 15 is 0 Å². The summed E-state index contributed by atoms with van der Waals surface area (Å²) < 4.78 is 0. The number of allylic oxidation sites excluding steroid dienone is 1. The highest BCUT2D eigenvalue weighted by molar-refractivity contribution is 5.37. The SMILES string of the molecule is C=C1CCCC(CO)C[C@H]2[C@H]3C(C)(C)C[C@]123. The van der Waals surface area contributed by atoms with Crippen molar-refractivity contribution in [2.45, 2.75) is 46.0 Å². The quantitative estimate of drug-likeness (QED) is 0.672. The van der Waals surface area contributed by atoms with Gasteiger partial charge in [0.15, 0.2) is 0 Å². The van der Waals surface area contributed by atoms with Crippen LogP contribution in [-0.2, 0) is 0 Å². The van der Waals surface area contributed by atoms with Gasteiger partial charge in [0.25, 0.3) is 0 Å². The Morgan fingerprint density at radius 2 is 2.19 bits per heavy atom. The zero-order valence-corrected chi connectivity index (χ0v) is 10.6. The molecule has 0 aromatic rings. The first kappa shape index (κ1) is 10.8. The van der Waals surface area contributed by atoms with Crippen molar-refractivity contribution in [3.05, 3.63) is 12.2 Å². The number of hydrogen-bond acceptors (Lipinski definition) is 1. The van der Waals surface area contributed by atoms with Crippen molar-refractivity contribution < 1.29 is 5.11 Å². The van der Waals surface area contributed by atoms with Crippen LogP contribution in [0.1, 0.15) is 46.0 Å². The lowest BCUT2D eigenvalue weighted by Gasteiger charge is -2.43. The molecule has 1 N–H and O–H groups in total. The first-order valence-corrected chi connectivity index (χ1v) is 6.81. The van der Waals surface area contributed by atoms with Crippen molar-refractivity contribution in [1.29, 1.82) is 0 Å². The van der Waals surface area contributed by atoms with Gasteiger partial charge in [-0.25, -0.2) is 0 Å². The average molecular weight is 220 g/mol. The van der Waals surface area contributed by atoms with Crippen LogP contribution >= 0.6 is 0 Å². The van der Waals surface area contributed by atoms with Gasteiger partial charge in [-0.15, -0.1) is 0 Å². The molecule has 0 bridgehead atoms. The molecule has 1 unspecified atom stereocenters. The average Bonchev–Trinajstić information content (AvgIpc) is 2.76. The molecule has 90 valence electrons. The highest BCUT2D eigenvalue weighted by Gasteiger charge is 2.78. The van der Waals surface area contributed by atoms with Gasteiger partial charge in [0.05, 0.1) is 0 Å². The van der Waals surface area contributed by atoms with Crippen LogP contribution in [0.2, 0.25) is 0 Å². The maximum atomic E-state index is 9.41. The van der Waals surface area contributed by atoms with Gasteiger partial charge >= 0.3 is 0 Å². The van der Waals surface area contributed by atoms with Crippen molar-refractivity contribution in [3.8, 4) is 0 Å². The van der Waals surface area contributed by atoms with Crippen molar-refractivity contribution in [2.24, 2.45) is 28.6 Å². The van der Waals surface area contributed by atoms with Crippen molar-refractivity contribution >= 4 is 0 Å². The molecule has 3 aliphatic rings. The van der Waals surface area contributed by atoms with Crippen LogP contribution < -0.4 is 0 Å². The first-order valence-electron chi connectivity index (χ1n) is 6.81. The Balaban J connectivity index is 1.82. The topological polar surface area (TPSA) is 20.2 Å². The monoisotopic (exact) mass is 220 g/mol. The second-order valence-corrected chi connectivity index (χ2v) is 7.07. The third-order valence-corrected chi connectivity index (χ3v) is 5.69. The predicted octanol–water partition coefficient (Wildman–Crippen LogP) is 3.39. The molecule has 0 aliphatic heterocycles. The van der Waals surface area contributed by atoms with Gasteiger partial charge in [-0.2, -0.15) is 0 Å². The Bertz CT molecular complexity index is 330. The molecule has 3 fully saturated rings. The normalized spacial score (nSPS) is 49.4. The van der Waals surface area contributed by atoms with E-state index in [-0.39, 0.29) is 0 Å². The number of aliphatic hydroxyl groups is 1. The van der Waals surface area contributed by atoms with Gasteiger partial charge in [-0.3, -0.25) is 0 Å². The third kappa shape index (κ3) is 1.16. The first-order chi connectivity index (χ1) is 7.52. The van der Waals surface area contributed by atoms with Crippen LogP contribution in [0.4, 0.5) is 0 Å². The number of rotatable bonds is 1. The molecule has 0 heterocycles. The fourth-order valence-corrected chi connectivity index (χ4v) is 5.17. The summed E-state index contributed by atoms with van der Waals surface area (Å²) in [6.45, 7) is 9.58. The molecular formula is C15H24O. The Morgan fingerprint density at radius 3 is 2.81 bits per heavy atom. The van der Waals surface area contributed by atoms with Crippen molar-refractivity contribution in [1.82, 2.24) is 0 Å². The van der Waals surface area contributed by atoms with E-state index in [1.165, 1.54) is 32.1 Å². The van der Waals surface area contributed by atoms with Gasteiger partial charge < -0.3 is 5.11 Å². The van der Waals surface area contributed by atoms with E-state index in [0.717, 1.165) is 11.8 Å². The fourth-order valence-electron chi connectivity index (χ4n) is 5.17. The molecule has 1 nitrogen and oxygen atoms in total. The Kier molecular flexibility index (Phi) is 2.12. The molecule has 3 rings (SSSR count). The van der Waals surface area contributed by atoms with Crippen LogP contribution in [-0.4, -0.2) is 11.7 Å². The molecule has 1 spiro atoms. The van der Waals surface area contributed by atoms with Gasteiger partial charge in [0.2, 0.25) is 0 Å². The Hall–Kier alpha value is -0.300. The molecule has 3 aliphatic carbocycles. The smallest absolute Gasteiger partial charge is 0.0459 e. The van der Waals surface area contributed by atoms with Gasteiger partial charge in [-0.1, -0.05) is 26.0 Å². The van der Waals surface area contributed by atoms with E-state index in [2.05, 4.69) is 20.4 Å². The number of fused-ring (bicyclic) bond motifs is 1. The van der Waals surface area contributed by atoms with Crippen molar-refractivity contribution in [2.75, 3.05) is 6.61 Å². The van der Waals surface area contributed by atoms with Gasteiger partial charge in [0.1, 0.15) is 0 Å². The summed E-state index contributed by atoms with van der Waals surface area (Å²) >= 11 is 0. The van der Waals surface area contributed by atoms with Crippen LogP contribution in [0.3, 0.4) is 0 Å². The van der Waals surface area contributed by atoms with Gasteiger partial charge in [-0.05, 0) is 60.7 Å². The standard InChI is InChI=1S/C15H24O/c1-10-5-4-6-11(8-16)7-12-13-14(2,3)9-15(10,12)13/h11-13,16H,1,4-9H2,2-3H3/t11?,12-,13-,15-/m0/s1. The molecule has 0 aromatic heterocycles. The van der Waals surface area contributed by atoms with E-state index in [0.29, 0.717) is 23.4 Å². The minimum absolute atomic E-state index is 0.395. The zero-order valence-electron chi connectivity index (χ0n) is 10.6. The van der Waals surface area contributed by atoms with Crippen LogP contribution in [0.25, 0.3) is 0 Å². The molecule has 0 aromatic carbocycles. The molecule has 0 amide bonds. The van der Waals surface area contributed by atoms with E-state index in [1.807, 2.05) is 0 Å². The molecule has 16 heavy (non-hydrogen) atoms. The highest BCUT2D eigenvalue weighted by atomic mass is 16.3. The van der Waals surface area contributed by atoms with Gasteiger partial charge in [0, 0.05) is 6.61 Å². The molecular weight excluding hydrogens is 196 g/mol. The lowest BCUT2D eigenvalue weighted by Crippen LogP contribution is -2.35. The van der Waals surface area contributed by atoms with Crippen LogP contribution in [0.15, 0.2) is 12.2 Å². The summed E-state index contributed by atoms with van der Waals surface area (Å²) in [5.41, 5.74) is 2.60. The predicted molar refractivity (Wildman–Crippen MR) is 66.0 cm³/mol. The molecule has 1 heteroatoms. The van der Waals surface area contributed by atoms with Crippen LogP contribution in [0.5, 0.6) is 0 Å². The Morgan fingerprint density at radius 1 is 1.44 bits per heavy atom. The maximum absolute atomic E-state index is 9.41. The van der Waals surface area contributed by atoms with E-state index < -0.39 is 0 Å². The van der Waals surface area contributed by atoms with Crippen LogP contribution in [0, 0.1) is 28.6 Å². The second-order valence-electron chi connectivity index (χ2n) is 7.07. The van der Waals surface area contributed by atoms with E-state index in [1.54, 1.807) is 5.57 Å². The zero-order chi connectivity index (χ0) is 11.6. The molecule has 3 saturated carbocycles. The van der Waals surface area contributed by atoms with E-state index in [4.69, 9.17) is 0 Å². The highest BCUT2D eigenvalue weighted by Crippen LogP contribution is 2.84. The lowest BCUT2D eigenvalue weighted by atomic mass is 9.61.